The summed E-state index contributed by atoms with van der Waals surface area (Å²) in [5.41, 5.74) is 7.67. The molecule has 3 aromatic rings. The number of nitrogens with two attached hydrogens (primary N) is 1. The standard InChI is InChI=1S/C20H23BrClN7O/c1-12(13-2-4-14(22)5-3-13)26-15(30)10-20(23)6-8-29(9-7-20)19-16-17(21)27-28-18(16)24-11-25-19/h2-5,11-12H,6-10,23H2,1H3,(H,26,30)(H,24,25,27,28)/t12-/m0/s1. The van der Waals surface area contributed by atoms with Crippen molar-refractivity contribution in [3.8, 4) is 0 Å². The number of hydrogen-bond acceptors (Lipinski definition) is 6. The Balaban J connectivity index is 1.37. The number of nitrogens with one attached hydrogen (secondary N) is 2. The van der Waals surface area contributed by atoms with Gasteiger partial charge in [-0.2, -0.15) is 5.10 Å². The molecule has 1 saturated heterocycles. The van der Waals surface area contributed by atoms with Crippen molar-refractivity contribution < 1.29 is 4.79 Å². The molecular weight excluding hydrogens is 470 g/mol. The van der Waals surface area contributed by atoms with Crippen molar-refractivity contribution in [2.75, 3.05) is 18.0 Å². The molecule has 1 fully saturated rings. The van der Waals surface area contributed by atoms with Crippen LogP contribution in [0.5, 0.6) is 0 Å². The Bertz CT molecular complexity index is 1050. The summed E-state index contributed by atoms with van der Waals surface area (Å²) in [4.78, 5) is 23.4. The number of fused-ring (bicyclic) bond motifs is 1. The van der Waals surface area contributed by atoms with Crippen LogP contribution in [0.3, 0.4) is 0 Å². The first-order valence-electron chi connectivity index (χ1n) is 9.78. The maximum Gasteiger partial charge on any atom is 0.222 e. The Kier molecular flexibility index (Phi) is 5.95. The first-order valence-corrected chi connectivity index (χ1v) is 10.9. The molecule has 0 unspecified atom stereocenters. The monoisotopic (exact) mass is 491 g/mol. The van der Waals surface area contributed by atoms with Crippen LogP contribution >= 0.6 is 27.5 Å². The van der Waals surface area contributed by atoms with Gasteiger partial charge in [-0.05, 0) is 53.4 Å². The fourth-order valence-corrected chi connectivity index (χ4v) is 4.40. The Morgan fingerprint density at radius 1 is 1.33 bits per heavy atom. The Hall–Kier alpha value is -2.23. The van der Waals surface area contributed by atoms with Gasteiger partial charge in [0.05, 0.1) is 11.4 Å². The Labute approximate surface area is 187 Å². The van der Waals surface area contributed by atoms with E-state index in [9.17, 15) is 4.79 Å². The minimum absolute atomic E-state index is 0.0459. The number of anilines is 1. The maximum atomic E-state index is 12.6. The summed E-state index contributed by atoms with van der Waals surface area (Å²) < 4.78 is 0.758. The number of aromatic nitrogens is 4. The molecule has 30 heavy (non-hydrogen) atoms. The zero-order valence-corrected chi connectivity index (χ0v) is 18.9. The fourth-order valence-electron chi connectivity index (χ4n) is 3.83. The van der Waals surface area contributed by atoms with E-state index in [0.717, 1.165) is 21.4 Å². The highest BCUT2D eigenvalue weighted by Crippen LogP contribution is 2.32. The molecule has 8 nitrogen and oxygen atoms in total. The zero-order valence-electron chi connectivity index (χ0n) is 16.5. The smallest absolute Gasteiger partial charge is 0.222 e. The summed E-state index contributed by atoms with van der Waals surface area (Å²) in [6, 6.07) is 7.37. The average Bonchev–Trinajstić information content (AvgIpc) is 3.10. The van der Waals surface area contributed by atoms with Crippen molar-refractivity contribution >= 4 is 50.3 Å². The lowest BCUT2D eigenvalue weighted by molar-refractivity contribution is -0.123. The number of benzene rings is 1. The molecule has 1 amide bonds. The minimum Gasteiger partial charge on any atom is -0.356 e. The summed E-state index contributed by atoms with van der Waals surface area (Å²) in [5, 5.41) is 11.6. The number of hydrogen-bond donors (Lipinski definition) is 3. The number of nitrogens with zero attached hydrogens (tertiary/aromatic N) is 4. The van der Waals surface area contributed by atoms with Gasteiger partial charge in [0.1, 0.15) is 16.7 Å². The molecule has 1 aromatic carbocycles. The van der Waals surface area contributed by atoms with Gasteiger partial charge in [0, 0.05) is 30.1 Å². The van der Waals surface area contributed by atoms with E-state index in [0.29, 0.717) is 36.6 Å². The topological polar surface area (TPSA) is 113 Å². The molecule has 0 saturated carbocycles. The fraction of sp³-hybridized carbons (Fsp3) is 0.400. The van der Waals surface area contributed by atoms with Gasteiger partial charge in [-0.25, -0.2) is 9.97 Å². The van der Waals surface area contributed by atoms with Gasteiger partial charge in [0.2, 0.25) is 5.91 Å². The van der Waals surface area contributed by atoms with Crippen LogP contribution < -0.4 is 16.0 Å². The third-order valence-corrected chi connectivity index (χ3v) is 6.43. The highest BCUT2D eigenvalue weighted by molar-refractivity contribution is 9.10. The van der Waals surface area contributed by atoms with Gasteiger partial charge < -0.3 is 16.0 Å². The van der Waals surface area contributed by atoms with Crippen molar-refractivity contribution in [1.82, 2.24) is 25.5 Å². The number of amides is 1. The lowest BCUT2D eigenvalue weighted by Gasteiger charge is -2.39. The quantitative estimate of drug-likeness (QED) is 0.503. The van der Waals surface area contributed by atoms with E-state index in [1.165, 1.54) is 6.33 Å². The van der Waals surface area contributed by atoms with Gasteiger partial charge in [-0.1, -0.05) is 23.7 Å². The van der Waals surface area contributed by atoms with E-state index in [1.807, 2.05) is 31.2 Å². The van der Waals surface area contributed by atoms with E-state index >= 15 is 0 Å². The predicted molar refractivity (Wildman–Crippen MR) is 120 cm³/mol. The summed E-state index contributed by atoms with van der Waals surface area (Å²) >= 11 is 9.41. The zero-order chi connectivity index (χ0) is 21.3. The van der Waals surface area contributed by atoms with Crippen LogP contribution in [-0.4, -0.2) is 44.7 Å². The Morgan fingerprint density at radius 3 is 2.73 bits per heavy atom. The number of piperidine rings is 1. The van der Waals surface area contributed by atoms with Gasteiger partial charge in [-0.3, -0.25) is 9.89 Å². The molecule has 1 aliphatic heterocycles. The SMILES string of the molecule is C[C@H](NC(=O)CC1(N)CCN(c2ncnc3n[nH]c(Br)c23)CC1)c1ccc(Cl)cc1. The van der Waals surface area contributed by atoms with Crippen LogP contribution in [0.1, 0.15) is 37.8 Å². The van der Waals surface area contributed by atoms with Crippen LogP contribution in [0.15, 0.2) is 35.2 Å². The molecule has 3 heterocycles. The molecule has 4 N–H and O–H groups in total. The molecule has 0 radical (unpaired) electrons. The van der Waals surface area contributed by atoms with Crippen LogP contribution in [0, 0.1) is 0 Å². The van der Waals surface area contributed by atoms with E-state index in [-0.39, 0.29) is 18.4 Å². The molecule has 4 rings (SSSR count). The number of rotatable bonds is 5. The van der Waals surface area contributed by atoms with Gasteiger partial charge >= 0.3 is 0 Å². The number of halogens is 2. The summed E-state index contributed by atoms with van der Waals surface area (Å²) in [6.45, 7) is 3.37. The highest BCUT2D eigenvalue weighted by atomic mass is 79.9. The number of aromatic amines is 1. The second-order valence-electron chi connectivity index (χ2n) is 7.80. The van der Waals surface area contributed by atoms with Crippen LogP contribution in [0.2, 0.25) is 5.02 Å². The third kappa shape index (κ3) is 4.43. The van der Waals surface area contributed by atoms with Crippen molar-refractivity contribution in [1.29, 1.82) is 0 Å². The number of carbonyl (C=O) groups excluding carboxylic acids is 1. The van der Waals surface area contributed by atoms with Crippen molar-refractivity contribution in [3.63, 3.8) is 0 Å². The van der Waals surface area contributed by atoms with Gasteiger partial charge in [0.15, 0.2) is 5.65 Å². The molecule has 1 atom stereocenters. The van der Waals surface area contributed by atoms with Crippen molar-refractivity contribution in [3.05, 3.63) is 45.8 Å². The largest absolute Gasteiger partial charge is 0.356 e. The van der Waals surface area contributed by atoms with Gasteiger partial charge in [0.25, 0.3) is 0 Å². The first kappa shape index (κ1) is 21.0. The highest BCUT2D eigenvalue weighted by Gasteiger charge is 2.34. The Morgan fingerprint density at radius 2 is 2.03 bits per heavy atom. The maximum absolute atomic E-state index is 12.6. The third-order valence-electron chi connectivity index (χ3n) is 5.61. The van der Waals surface area contributed by atoms with Crippen LogP contribution in [0.4, 0.5) is 5.82 Å². The number of H-pyrrole nitrogens is 1. The summed E-state index contributed by atoms with van der Waals surface area (Å²) in [5.74, 6) is 0.777. The van der Waals surface area contributed by atoms with E-state index in [2.05, 4.69) is 46.3 Å². The molecule has 158 valence electrons. The lowest BCUT2D eigenvalue weighted by Crippen LogP contribution is -2.53. The van der Waals surface area contributed by atoms with Crippen LogP contribution in [-0.2, 0) is 4.79 Å². The molecule has 0 aliphatic carbocycles. The lowest BCUT2D eigenvalue weighted by atomic mass is 9.85. The first-order chi connectivity index (χ1) is 14.3. The molecule has 2 aromatic heterocycles. The van der Waals surface area contributed by atoms with Crippen molar-refractivity contribution in [2.24, 2.45) is 5.73 Å². The molecule has 1 aliphatic rings. The van der Waals surface area contributed by atoms with E-state index in [4.69, 9.17) is 17.3 Å². The minimum atomic E-state index is -0.542. The van der Waals surface area contributed by atoms with Crippen molar-refractivity contribution in [2.45, 2.75) is 37.8 Å². The number of carbonyl (C=O) groups is 1. The van der Waals surface area contributed by atoms with Crippen LogP contribution in [0.25, 0.3) is 11.0 Å². The van der Waals surface area contributed by atoms with Gasteiger partial charge in [-0.15, -0.1) is 0 Å². The summed E-state index contributed by atoms with van der Waals surface area (Å²) in [6.07, 6.45) is 3.18. The van der Waals surface area contributed by atoms with E-state index < -0.39 is 5.54 Å². The molecule has 0 bridgehead atoms. The second kappa shape index (κ2) is 8.49. The summed E-state index contributed by atoms with van der Waals surface area (Å²) in [7, 11) is 0. The molecular formula is C20H23BrClN7O. The average molecular weight is 493 g/mol. The normalized spacial score (nSPS) is 17.1. The van der Waals surface area contributed by atoms with E-state index in [1.54, 1.807) is 0 Å². The molecule has 0 spiro atoms. The molecule has 10 heteroatoms. The predicted octanol–water partition coefficient (Wildman–Crippen LogP) is 3.33. The second-order valence-corrected chi connectivity index (χ2v) is 9.03.